The smallest absolute Gasteiger partial charge is 0.342 e. The number of aromatic hydroxyl groups is 1. The third-order valence-electron chi connectivity index (χ3n) is 6.49. The summed E-state index contributed by atoms with van der Waals surface area (Å²) in [5, 5.41) is 20.8. The minimum atomic E-state index is -0.460. The van der Waals surface area contributed by atoms with Crippen molar-refractivity contribution in [1.29, 1.82) is 0 Å². The predicted molar refractivity (Wildman–Crippen MR) is 143 cm³/mol. The number of carbonyl (C=O) groups excluding carboxylic acids is 2. The number of halogens is 1. The highest BCUT2D eigenvalue weighted by Crippen LogP contribution is 2.42. The zero-order chi connectivity index (χ0) is 26.9. The van der Waals surface area contributed by atoms with E-state index in [0.29, 0.717) is 28.0 Å². The van der Waals surface area contributed by atoms with Crippen LogP contribution in [0.15, 0.2) is 79.0 Å². The van der Waals surface area contributed by atoms with Crippen LogP contribution in [0.4, 0.5) is 14.9 Å². The number of nitrogens with zero attached hydrogens (tertiary/aromatic N) is 4. The molecule has 0 bridgehead atoms. The molecule has 1 aliphatic carbocycles. The Kier molecular flexibility index (Phi) is 6.20. The van der Waals surface area contributed by atoms with Crippen LogP contribution in [0.25, 0.3) is 22.3 Å². The van der Waals surface area contributed by atoms with E-state index in [1.807, 2.05) is 18.2 Å². The van der Waals surface area contributed by atoms with E-state index in [-0.39, 0.29) is 29.7 Å². The molecule has 6 rings (SSSR count). The number of amides is 2. The first-order valence-corrected chi connectivity index (χ1v) is 12.4. The fourth-order valence-electron chi connectivity index (χ4n) is 4.30. The van der Waals surface area contributed by atoms with Crippen molar-refractivity contribution < 1.29 is 19.1 Å². The largest absolute Gasteiger partial charge is 0.507 e. The third-order valence-corrected chi connectivity index (χ3v) is 6.49. The highest BCUT2D eigenvalue weighted by Gasteiger charge is 2.30. The highest BCUT2D eigenvalue weighted by atomic mass is 19.1. The molecule has 194 valence electrons. The van der Waals surface area contributed by atoms with Crippen molar-refractivity contribution in [3.8, 4) is 17.0 Å². The van der Waals surface area contributed by atoms with Crippen LogP contribution in [0, 0.1) is 5.82 Å². The molecule has 10 heteroatoms. The van der Waals surface area contributed by atoms with E-state index >= 15 is 0 Å². The van der Waals surface area contributed by atoms with Crippen molar-refractivity contribution in [3.63, 3.8) is 0 Å². The van der Waals surface area contributed by atoms with Gasteiger partial charge in [0.25, 0.3) is 5.91 Å². The van der Waals surface area contributed by atoms with Gasteiger partial charge in [-0.15, -0.1) is 0 Å². The zero-order valence-corrected chi connectivity index (χ0v) is 20.6. The number of rotatable bonds is 6. The van der Waals surface area contributed by atoms with E-state index in [0.717, 1.165) is 24.1 Å². The molecule has 0 atom stereocenters. The van der Waals surface area contributed by atoms with E-state index in [9.17, 15) is 19.1 Å². The van der Waals surface area contributed by atoms with Gasteiger partial charge < -0.3 is 15.7 Å². The van der Waals surface area contributed by atoms with Gasteiger partial charge in [0.2, 0.25) is 0 Å². The van der Waals surface area contributed by atoms with Crippen LogP contribution in [0.3, 0.4) is 0 Å². The SMILES string of the molecule is O=C(Nc1ccc(-c2cc(C3CC3)n(C(=O)NCc3ccc(F)cc3)n2)c(O)c1)c1cnc2ccccc2n1. The van der Waals surface area contributed by atoms with Gasteiger partial charge in [-0.1, -0.05) is 24.3 Å². The molecule has 3 N–H and O–H groups in total. The lowest BCUT2D eigenvalue weighted by atomic mass is 10.1. The van der Waals surface area contributed by atoms with Crippen molar-refractivity contribution in [2.24, 2.45) is 0 Å². The summed E-state index contributed by atoms with van der Waals surface area (Å²) in [5.74, 6) is -0.688. The first kappa shape index (κ1) is 24.2. The maximum atomic E-state index is 13.2. The molecule has 2 amide bonds. The lowest BCUT2D eigenvalue weighted by Crippen LogP contribution is -2.30. The molecule has 0 spiro atoms. The fourth-order valence-corrected chi connectivity index (χ4v) is 4.30. The van der Waals surface area contributed by atoms with E-state index in [1.165, 1.54) is 29.1 Å². The van der Waals surface area contributed by atoms with Gasteiger partial charge in [0.05, 0.1) is 28.6 Å². The summed E-state index contributed by atoms with van der Waals surface area (Å²) in [4.78, 5) is 34.3. The molecular formula is C29H23FN6O3. The number of benzene rings is 3. The van der Waals surface area contributed by atoms with Crippen molar-refractivity contribution in [2.45, 2.75) is 25.3 Å². The van der Waals surface area contributed by atoms with Crippen LogP contribution >= 0.6 is 0 Å². The summed E-state index contributed by atoms with van der Waals surface area (Å²) < 4.78 is 14.5. The van der Waals surface area contributed by atoms with Crippen molar-refractivity contribution in [1.82, 2.24) is 25.1 Å². The summed E-state index contributed by atoms with van der Waals surface area (Å²) in [7, 11) is 0. The Balaban J connectivity index is 1.19. The number of phenolic OH excluding ortho intramolecular Hbond substituents is 1. The molecule has 0 radical (unpaired) electrons. The average Bonchev–Trinajstić information content (AvgIpc) is 3.70. The van der Waals surface area contributed by atoms with Crippen molar-refractivity contribution in [3.05, 3.63) is 102 Å². The number of carbonyl (C=O) groups is 2. The Bertz CT molecular complexity index is 1710. The van der Waals surface area contributed by atoms with Crippen LogP contribution in [-0.2, 0) is 6.54 Å². The van der Waals surface area contributed by atoms with Gasteiger partial charge in [-0.3, -0.25) is 9.78 Å². The molecule has 1 saturated carbocycles. The van der Waals surface area contributed by atoms with Gasteiger partial charge in [0.15, 0.2) is 0 Å². The van der Waals surface area contributed by atoms with Gasteiger partial charge in [-0.05, 0) is 60.9 Å². The Morgan fingerprint density at radius 2 is 1.77 bits per heavy atom. The van der Waals surface area contributed by atoms with E-state index in [4.69, 9.17) is 0 Å². The monoisotopic (exact) mass is 522 g/mol. The van der Waals surface area contributed by atoms with E-state index < -0.39 is 11.9 Å². The predicted octanol–water partition coefficient (Wildman–Crippen LogP) is 5.23. The van der Waals surface area contributed by atoms with Crippen molar-refractivity contribution in [2.75, 3.05) is 5.32 Å². The van der Waals surface area contributed by atoms with E-state index in [1.54, 1.807) is 36.4 Å². The van der Waals surface area contributed by atoms with Crippen molar-refractivity contribution >= 4 is 28.7 Å². The number of aromatic nitrogens is 4. The second-order valence-electron chi connectivity index (χ2n) is 9.36. The highest BCUT2D eigenvalue weighted by molar-refractivity contribution is 6.03. The van der Waals surface area contributed by atoms with Gasteiger partial charge in [-0.2, -0.15) is 9.78 Å². The standard InChI is InChI=1S/C29H23FN6O3/c30-19-9-5-17(6-10-19)15-32-29(39)36-26(18-7-8-18)14-24(35-36)21-12-11-20(13-27(21)37)33-28(38)25-16-31-22-3-1-2-4-23(22)34-25/h1-6,9-14,16,18,37H,7-8,15H2,(H,32,39)(H,33,38). The van der Waals surface area contributed by atoms with Gasteiger partial charge in [-0.25, -0.2) is 14.2 Å². The first-order valence-electron chi connectivity index (χ1n) is 12.4. The summed E-state index contributed by atoms with van der Waals surface area (Å²) in [6.07, 6.45) is 3.30. The molecule has 1 fully saturated rings. The Morgan fingerprint density at radius 3 is 2.51 bits per heavy atom. The molecule has 2 heterocycles. The summed E-state index contributed by atoms with van der Waals surface area (Å²) in [6.45, 7) is 0.222. The molecule has 3 aromatic carbocycles. The number of para-hydroxylation sites is 2. The quantitative estimate of drug-likeness (QED) is 0.281. The zero-order valence-electron chi connectivity index (χ0n) is 20.6. The molecule has 9 nitrogen and oxygen atoms in total. The normalized spacial score (nSPS) is 12.8. The molecule has 39 heavy (non-hydrogen) atoms. The van der Waals surface area contributed by atoms with E-state index in [2.05, 4.69) is 25.7 Å². The minimum Gasteiger partial charge on any atom is -0.507 e. The molecule has 2 aromatic heterocycles. The number of anilines is 1. The Labute approximate surface area is 222 Å². The fraction of sp³-hybridized carbons (Fsp3) is 0.138. The van der Waals surface area contributed by atoms with Gasteiger partial charge >= 0.3 is 6.03 Å². The van der Waals surface area contributed by atoms with Gasteiger partial charge in [0, 0.05) is 29.8 Å². The van der Waals surface area contributed by atoms with Crippen LogP contribution in [0.1, 0.15) is 40.5 Å². The molecule has 0 aliphatic heterocycles. The molecule has 0 saturated heterocycles. The summed E-state index contributed by atoms with van der Waals surface area (Å²) in [6, 6.07) is 19.2. The second-order valence-corrected chi connectivity index (χ2v) is 9.36. The van der Waals surface area contributed by atoms with Crippen LogP contribution < -0.4 is 10.6 Å². The topological polar surface area (TPSA) is 122 Å². The lowest BCUT2D eigenvalue weighted by molar-refractivity contribution is 0.102. The van der Waals surface area contributed by atoms with Crippen LogP contribution in [0.2, 0.25) is 0 Å². The number of nitrogens with one attached hydrogen (secondary N) is 2. The summed E-state index contributed by atoms with van der Waals surface area (Å²) in [5.41, 5.74) is 4.18. The average molecular weight is 523 g/mol. The lowest BCUT2D eigenvalue weighted by Gasteiger charge is -2.08. The number of hydrogen-bond acceptors (Lipinski definition) is 6. The maximum Gasteiger partial charge on any atom is 0.342 e. The molecule has 5 aromatic rings. The molecular weight excluding hydrogens is 499 g/mol. The molecule has 1 aliphatic rings. The van der Waals surface area contributed by atoms with Crippen LogP contribution in [-0.4, -0.2) is 36.8 Å². The third kappa shape index (κ3) is 5.17. The maximum absolute atomic E-state index is 13.2. The minimum absolute atomic E-state index is 0.101. The van der Waals surface area contributed by atoms with Crippen LogP contribution in [0.5, 0.6) is 5.75 Å². The Morgan fingerprint density at radius 1 is 1.00 bits per heavy atom. The number of hydrogen-bond donors (Lipinski definition) is 3. The number of phenols is 1. The Hall–Kier alpha value is -5.12. The summed E-state index contributed by atoms with van der Waals surface area (Å²) >= 11 is 0. The second kappa shape index (κ2) is 9.97. The number of fused-ring (bicyclic) bond motifs is 1. The first-order chi connectivity index (χ1) is 18.9. The molecule has 0 unspecified atom stereocenters. The van der Waals surface area contributed by atoms with Gasteiger partial charge in [0.1, 0.15) is 17.3 Å².